The number of hydrogen-bond donors (Lipinski definition) is 1. The van der Waals surface area contributed by atoms with Gasteiger partial charge in [-0.1, -0.05) is 37.3 Å². The molecule has 0 aliphatic heterocycles. The molecule has 0 aliphatic rings. The summed E-state index contributed by atoms with van der Waals surface area (Å²) in [5.74, 6) is -0.216. The molecule has 3 heteroatoms. The van der Waals surface area contributed by atoms with Gasteiger partial charge in [0.1, 0.15) is 5.82 Å². The summed E-state index contributed by atoms with van der Waals surface area (Å²) in [4.78, 5) is 2.10. The molecule has 0 amide bonds. The second-order valence-corrected chi connectivity index (χ2v) is 5.22. The highest BCUT2D eigenvalue weighted by atomic mass is 19.1. The Hall–Kier alpha value is -1.87. The lowest BCUT2D eigenvalue weighted by Crippen LogP contribution is -2.32. The molecule has 0 saturated heterocycles. The van der Waals surface area contributed by atoms with Crippen LogP contribution in [-0.2, 0) is 6.42 Å². The predicted octanol–water partition coefficient (Wildman–Crippen LogP) is 3.91. The van der Waals surface area contributed by atoms with Crippen LogP contribution in [0.2, 0.25) is 0 Å². The summed E-state index contributed by atoms with van der Waals surface area (Å²) in [5, 5.41) is 0. The van der Waals surface area contributed by atoms with Crippen molar-refractivity contribution < 1.29 is 4.39 Å². The zero-order valence-electron chi connectivity index (χ0n) is 12.7. The topological polar surface area (TPSA) is 29.3 Å². The third kappa shape index (κ3) is 4.05. The van der Waals surface area contributed by atoms with Crippen molar-refractivity contribution in [2.75, 3.05) is 18.0 Å². The van der Waals surface area contributed by atoms with E-state index < -0.39 is 0 Å². The van der Waals surface area contributed by atoms with Crippen LogP contribution in [0.4, 0.5) is 10.1 Å². The van der Waals surface area contributed by atoms with E-state index >= 15 is 0 Å². The minimum Gasteiger partial charge on any atom is -0.370 e. The van der Waals surface area contributed by atoms with E-state index in [0.29, 0.717) is 6.54 Å². The van der Waals surface area contributed by atoms with Crippen LogP contribution in [0, 0.1) is 5.82 Å². The van der Waals surface area contributed by atoms with Gasteiger partial charge in [-0.25, -0.2) is 4.39 Å². The molecule has 1 unspecified atom stereocenters. The molecule has 2 rings (SSSR count). The SMILES string of the molecule is CCc1ccc(C(N)CN(CC)c2cccc(F)c2)cc1. The largest absolute Gasteiger partial charge is 0.370 e. The van der Waals surface area contributed by atoms with Crippen molar-refractivity contribution in [2.24, 2.45) is 5.73 Å². The lowest BCUT2D eigenvalue weighted by Gasteiger charge is -2.27. The maximum Gasteiger partial charge on any atom is 0.125 e. The summed E-state index contributed by atoms with van der Waals surface area (Å²) >= 11 is 0. The van der Waals surface area contributed by atoms with Crippen LogP contribution in [0.15, 0.2) is 48.5 Å². The average Bonchev–Trinajstić information content (AvgIpc) is 2.52. The molecule has 0 heterocycles. The second kappa shape index (κ2) is 7.23. The highest BCUT2D eigenvalue weighted by Crippen LogP contribution is 2.19. The number of nitrogens with two attached hydrogens (primary N) is 1. The Balaban J connectivity index is 2.10. The zero-order chi connectivity index (χ0) is 15.2. The smallest absolute Gasteiger partial charge is 0.125 e. The van der Waals surface area contributed by atoms with Crippen molar-refractivity contribution in [2.45, 2.75) is 26.3 Å². The number of aryl methyl sites for hydroxylation is 1. The summed E-state index contributed by atoms with van der Waals surface area (Å²) in [6, 6.07) is 15.0. The van der Waals surface area contributed by atoms with Gasteiger partial charge in [0.25, 0.3) is 0 Å². The van der Waals surface area contributed by atoms with Gasteiger partial charge in [0.15, 0.2) is 0 Å². The quantitative estimate of drug-likeness (QED) is 0.872. The van der Waals surface area contributed by atoms with Gasteiger partial charge < -0.3 is 10.6 Å². The minimum atomic E-state index is -0.216. The number of rotatable bonds is 6. The third-order valence-electron chi connectivity index (χ3n) is 3.79. The van der Waals surface area contributed by atoms with Crippen LogP contribution >= 0.6 is 0 Å². The first-order valence-corrected chi connectivity index (χ1v) is 7.49. The molecule has 21 heavy (non-hydrogen) atoms. The number of benzene rings is 2. The van der Waals surface area contributed by atoms with E-state index in [2.05, 4.69) is 43.0 Å². The van der Waals surface area contributed by atoms with Gasteiger partial charge in [-0.3, -0.25) is 0 Å². The molecule has 0 fully saturated rings. The van der Waals surface area contributed by atoms with Crippen LogP contribution in [0.5, 0.6) is 0 Å². The fourth-order valence-electron chi connectivity index (χ4n) is 2.43. The Labute approximate surface area is 126 Å². The minimum absolute atomic E-state index is 0.0841. The third-order valence-corrected chi connectivity index (χ3v) is 3.79. The van der Waals surface area contributed by atoms with Gasteiger partial charge in [-0.05, 0) is 42.7 Å². The standard InChI is InChI=1S/C18H23FN2/c1-3-14-8-10-15(11-9-14)18(20)13-21(4-2)17-7-5-6-16(19)12-17/h5-12,18H,3-4,13,20H2,1-2H3. The molecule has 2 nitrogen and oxygen atoms in total. The molecular weight excluding hydrogens is 263 g/mol. The Kier molecular flexibility index (Phi) is 5.34. The van der Waals surface area contributed by atoms with E-state index in [4.69, 9.17) is 5.73 Å². The average molecular weight is 286 g/mol. The van der Waals surface area contributed by atoms with Crippen LogP contribution < -0.4 is 10.6 Å². The molecule has 112 valence electrons. The molecule has 2 N–H and O–H groups in total. The highest BCUT2D eigenvalue weighted by Gasteiger charge is 2.12. The van der Waals surface area contributed by atoms with Gasteiger partial charge in [-0.15, -0.1) is 0 Å². The molecule has 0 aliphatic carbocycles. The molecule has 1 atom stereocenters. The summed E-state index contributed by atoms with van der Waals surface area (Å²) in [6.45, 7) is 5.66. The van der Waals surface area contributed by atoms with E-state index in [9.17, 15) is 4.39 Å². The summed E-state index contributed by atoms with van der Waals surface area (Å²) < 4.78 is 13.3. The fourth-order valence-corrected chi connectivity index (χ4v) is 2.43. The zero-order valence-corrected chi connectivity index (χ0v) is 12.7. The summed E-state index contributed by atoms with van der Waals surface area (Å²) in [7, 11) is 0. The number of nitrogens with zero attached hydrogens (tertiary/aromatic N) is 1. The van der Waals surface area contributed by atoms with Crippen LogP contribution in [0.3, 0.4) is 0 Å². The lowest BCUT2D eigenvalue weighted by atomic mass is 10.0. The number of likely N-dealkylation sites (N-methyl/N-ethyl adjacent to an activating group) is 1. The lowest BCUT2D eigenvalue weighted by molar-refractivity contribution is 0.623. The number of halogens is 1. The normalized spacial score (nSPS) is 12.2. The predicted molar refractivity (Wildman–Crippen MR) is 87.0 cm³/mol. The molecule has 0 spiro atoms. The molecule has 0 saturated carbocycles. The van der Waals surface area contributed by atoms with Crippen molar-refractivity contribution in [3.63, 3.8) is 0 Å². The van der Waals surface area contributed by atoms with Crippen LogP contribution in [0.1, 0.15) is 31.0 Å². The van der Waals surface area contributed by atoms with E-state index in [1.54, 1.807) is 12.1 Å². The first kappa shape index (κ1) is 15.5. The fraction of sp³-hybridized carbons (Fsp3) is 0.333. The van der Waals surface area contributed by atoms with Crippen molar-refractivity contribution >= 4 is 5.69 Å². The Morgan fingerprint density at radius 3 is 2.38 bits per heavy atom. The molecule has 0 bridgehead atoms. The summed E-state index contributed by atoms with van der Waals surface area (Å²) in [6.07, 6.45) is 1.03. The van der Waals surface area contributed by atoms with Crippen molar-refractivity contribution in [1.29, 1.82) is 0 Å². The first-order valence-electron chi connectivity index (χ1n) is 7.49. The van der Waals surface area contributed by atoms with Crippen LogP contribution in [-0.4, -0.2) is 13.1 Å². The van der Waals surface area contributed by atoms with Gasteiger partial charge in [0.05, 0.1) is 0 Å². The second-order valence-electron chi connectivity index (χ2n) is 5.22. The monoisotopic (exact) mass is 286 g/mol. The maximum absolute atomic E-state index is 13.3. The Morgan fingerprint density at radius 1 is 1.10 bits per heavy atom. The highest BCUT2D eigenvalue weighted by molar-refractivity contribution is 5.47. The van der Waals surface area contributed by atoms with Crippen LogP contribution in [0.25, 0.3) is 0 Å². The van der Waals surface area contributed by atoms with E-state index in [-0.39, 0.29) is 11.9 Å². The van der Waals surface area contributed by atoms with Gasteiger partial charge >= 0.3 is 0 Å². The first-order chi connectivity index (χ1) is 10.1. The van der Waals surface area contributed by atoms with E-state index in [0.717, 1.165) is 24.2 Å². The maximum atomic E-state index is 13.3. The van der Waals surface area contributed by atoms with Gasteiger partial charge in [0.2, 0.25) is 0 Å². The molecule has 0 radical (unpaired) electrons. The van der Waals surface area contributed by atoms with Crippen molar-refractivity contribution in [3.05, 3.63) is 65.5 Å². The molecule has 2 aromatic carbocycles. The summed E-state index contributed by atoms with van der Waals surface area (Å²) in [5.41, 5.74) is 9.60. The van der Waals surface area contributed by atoms with Gasteiger partial charge in [0, 0.05) is 24.8 Å². The number of anilines is 1. The van der Waals surface area contributed by atoms with E-state index in [1.165, 1.54) is 11.6 Å². The Bertz CT molecular complexity index is 566. The molecule has 0 aromatic heterocycles. The van der Waals surface area contributed by atoms with Crippen molar-refractivity contribution in [1.82, 2.24) is 0 Å². The number of hydrogen-bond acceptors (Lipinski definition) is 2. The molecule has 2 aromatic rings. The van der Waals surface area contributed by atoms with Crippen molar-refractivity contribution in [3.8, 4) is 0 Å². The van der Waals surface area contributed by atoms with Gasteiger partial charge in [-0.2, -0.15) is 0 Å². The Morgan fingerprint density at radius 2 is 1.81 bits per heavy atom. The molecular formula is C18H23FN2. The van der Waals surface area contributed by atoms with E-state index in [1.807, 2.05) is 6.07 Å².